The van der Waals surface area contributed by atoms with Crippen molar-refractivity contribution in [3.05, 3.63) is 69.7 Å². The quantitative estimate of drug-likeness (QED) is 0.688. The third-order valence-corrected chi connectivity index (χ3v) is 5.17. The predicted octanol–water partition coefficient (Wildman–Crippen LogP) is 3.34. The number of aromatic nitrogens is 2. The summed E-state index contributed by atoms with van der Waals surface area (Å²) in [5.74, 6) is -1.25. The van der Waals surface area contributed by atoms with Crippen LogP contribution in [-0.2, 0) is 19.4 Å². The molecule has 4 rings (SSSR count). The van der Waals surface area contributed by atoms with Gasteiger partial charge in [-0.3, -0.25) is 4.79 Å². The number of benzene rings is 1. The van der Waals surface area contributed by atoms with Gasteiger partial charge in [-0.2, -0.15) is 5.10 Å². The molecule has 0 unspecified atom stereocenters. The third kappa shape index (κ3) is 3.30. The highest BCUT2D eigenvalue weighted by atomic mass is 19.1. The van der Waals surface area contributed by atoms with E-state index in [0.717, 1.165) is 29.7 Å². The zero-order chi connectivity index (χ0) is 20.7. The smallest absolute Gasteiger partial charge is 0.339 e. The van der Waals surface area contributed by atoms with Crippen LogP contribution in [0.15, 0.2) is 28.7 Å². The van der Waals surface area contributed by atoms with E-state index in [1.165, 1.54) is 12.1 Å². The summed E-state index contributed by atoms with van der Waals surface area (Å²) in [5.41, 5.74) is 3.10. The molecule has 0 spiro atoms. The van der Waals surface area contributed by atoms with E-state index in [9.17, 15) is 14.0 Å². The van der Waals surface area contributed by atoms with Crippen LogP contribution in [0.1, 0.15) is 55.6 Å². The summed E-state index contributed by atoms with van der Waals surface area (Å²) in [6, 6.07) is 6.22. The van der Waals surface area contributed by atoms with Crippen molar-refractivity contribution in [1.82, 2.24) is 15.1 Å². The fraction of sp³-hybridized carbons (Fsp3) is 0.286. The Hall–Kier alpha value is -3.42. The second-order valence-electron chi connectivity index (χ2n) is 7.11. The molecule has 29 heavy (non-hydrogen) atoms. The number of hydrogen-bond acceptors (Lipinski definition) is 4. The van der Waals surface area contributed by atoms with Gasteiger partial charge in [-0.05, 0) is 50.8 Å². The fourth-order valence-corrected chi connectivity index (χ4v) is 3.79. The number of carboxylic acids is 1. The second-order valence-corrected chi connectivity index (χ2v) is 7.11. The molecule has 150 valence electrons. The molecule has 0 bridgehead atoms. The molecule has 3 aromatic rings. The Bertz CT molecular complexity index is 1110. The Morgan fingerprint density at radius 2 is 2.10 bits per heavy atom. The van der Waals surface area contributed by atoms with Crippen LogP contribution in [0.25, 0.3) is 5.69 Å². The van der Waals surface area contributed by atoms with E-state index in [2.05, 4.69) is 10.4 Å². The number of furan rings is 1. The molecule has 2 heterocycles. The molecular weight excluding hydrogens is 377 g/mol. The largest absolute Gasteiger partial charge is 0.478 e. The van der Waals surface area contributed by atoms with Gasteiger partial charge >= 0.3 is 5.97 Å². The highest BCUT2D eigenvalue weighted by molar-refractivity contribution is 5.94. The molecule has 1 aliphatic carbocycles. The van der Waals surface area contributed by atoms with Crippen molar-refractivity contribution in [3.63, 3.8) is 0 Å². The normalized spacial score (nSPS) is 12.8. The number of halogens is 1. The first-order chi connectivity index (χ1) is 13.9. The van der Waals surface area contributed by atoms with Crippen molar-refractivity contribution in [1.29, 1.82) is 0 Å². The summed E-state index contributed by atoms with van der Waals surface area (Å²) in [6.45, 7) is 3.40. The van der Waals surface area contributed by atoms with E-state index in [1.807, 2.05) is 0 Å². The lowest BCUT2D eigenvalue weighted by Crippen LogP contribution is -2.24. The van der Waals surface area contributed by atoms with Gasteiger partial charge in [-0.1, -0.05) is 12.1 Å². The monoisotopic (exact) mass is 397 g/mol. The van der Waals surface area contributed by atoms with E-state index in [-0.39, 0.29) is 29.4 Å². The van der Waals surface area contributed by atoms with Crippen molar-refractivity contribution in [2.24, 2.45) is 0 Å². The number of carbonyl (C=O) groups is 2. The average molecular weight is 397 g/mol. The number of aromatic carboxylic acids is 1. The zero-order valence-corrected chi connectivity index (χ0v) is 16.1. The lowest BCUT2D eigenvalue weighted by molar-refractivity contribution is 0.0694. The number of para-hydroxylation sites is 1. The van der Waals surface area contributed by atoms with Crippen LogP contribution in [0.4, 0.5) is 4.39 Å². The Balaban J connectivity index is 1.62. The summed E-state index contributed by atoms with van der Waals surface area (Å²) in [5, 5.41) is 16.3. The van der Waals surface area contributed by atoms with Gasteiger partial charge in [0.2, 0.25) is 0 Å². The van der Waals surface area contributed by atoms with Gasteiger partial charge in [0.25, 0.3) is 5.91 Å². The minimum Gasteiger partial charge on any atom is -0.478 e. The summed E-state index contributed by atoms with van der Waals surface area (Å²) in [4.78, 5) is 23.9. The Morgan fingerprint density at radius 1 is 1.31 bits per heavy atom. The van der Waals surface area contributed by atoms with Crippen LogP contribution >= 0.6 is 0 Å². The van der Waals surface area contributed by atoms with Crippen molar-refractivity contribution in [3.8, 4) is 5.69 Å². The maximum absolute atomic E-state index is 14.5. The molecule has 1 aliphatic rings. The van der Waals surface area contributed by atoms with Crippen LogP contribution in [0.3, 0.4) is 0 Å². The van der Waals surface area contributed by atoms with Crippen LogP contribution in [0.5, 0.6) is 0 Å². The van der Waals surface area contributed by atoms with Crippen LogP contribution in [-0.4, -0.2) is 26.8 Å². The number of nitrogens with one attached hydrogen (secondary N) is 1. The number of fused-ring (bicyclic) bond motifs is 1. The third-order valence-electron chi connectivity index (χ3n) is 5.17. The van der Waals surface area contributed by atoms with Crippen molar-refractivity contribution in [2.75, 3.05) is 0 Å². The van der Waals surface area contributed by atoms with Crippen molar-refractivity contribution >= 4 is 11.9 Å². The van der Waals surface area contributed by atoms with Gasteiger partial charge in [-0.15, -0.1) is 0 Å². The Kier molecular flexibility index (Phi) is 4.70. The van der Waals surface area contributed by atoms with Gasteiger partial charge in [0.15, 0.2) is 5.69 Å². The molecule has 0 fully saturated rings. The molecule has 7 nitrogen and oxygen atoms in total. The number of rotatable bonds is 5. The first-order valence-electron chi connectivity index (χ1n) is 9.34. The number of aryl methyl sites for hydroxylation is 2. The van der Waals surface area contributed by atoms with Crippen LogP contribution in [0, 0.1) is 19.7 Å². The van der Waals surface area contributed by atoms with E-state index in [4.69, 9.17) is 9.52 Å². The minimum absolute atomic E-state index is 0.0350. The average Bonchev–Trinajstić information content (AvgIpc) is 3.35. The molecule has 0 radical (unpaired) electrons. The SMILES string of the molecule is Cc1cccc(F)c1-n1nc(C(=O)NCc2cc(C(=O)O)c(C)o2)c2c1CCC2. The van der Waals surface area contributed by atoms with E-state index in [1.54, 1.807) is 30.7 Å². The molecule has 1 aromatic carbocycles. The first-order valence-corrected chi connectivity index (χ1v) is 9.34. The molecule has 1 amide bonds. The van der Waals surface area contributed by atoms with Gasteiger partial charge in [0, 0.05) is 11.3 Å². The van der Waals surface area contributed by atoms with Crippen molar-refractivity contribution in [2.45, 2.75) is 39.7 Å². The van der Waals surface area contributed by atoms with E-state index < -0.39 is 11.9 Å². The topological polar surface area (TPSA) is 97.4 Å². The molecule has 2 aromatic heterocycles. The predicted molar refractivity (Wildman–Crippen MR) is 102 cm³/mol. The molecule has 0 saturated heterocycles. The summed E-state index contributed by atoms with van der Waals surface area (Å²) >= 11 is 0. The summed E-state index contributed by atoms with van der Waals surface area (Å²) < 4.78 is 21.4. The molecule has 8 heteroatoms. The lowest BCUT2D eigenvalue weighted by atomic mass is 10.1. The van der Waals surface area contributed by atoms with Gasteiger partial charge < -0.3 is 14.8 Å². The zero-order valence-electron chi connectivity index (χ0n) is 16.1. The number of hydrogen-bond donors (Lipinski definition) is 2. The van der Waals surface area contributed by atoms with Gasteiger partial charge in [0.05, 0.1) is 6.54 Å². The summed E-state index contributed by atoms with van der Waals surface area (Å²) in [6.07, 6.45) is 2.30. The minimum atomic E-state index is -1.08. The van der Waals surface area contributed by atoms with Crippen LogP contribution < -0.4 is 5.32 Å². The maximum atomic E-state index is 14.5. The molecular formula is C21H20FN3O4. The van der Waals surface area contributed by atoms with E-state index in [0.29, 0.717) is 17.9 Å². The molecule has 0 aliphatic heterocycles. The van der Waals surface area contributed by atoms with E-state index >= 15 is 0 Å². The standard InChI is InChI=1S/C21H20FN3O4/c1-11-5-3-7-16(22)19(11)25-17-8-4-6-14(17)18(24-25)20(26)23-10-13-9-15(21(27)28)12(2)29-13/h3,5,7,9H,4,6,8,10H2,1-2H3,(H,23,26)(H,27,28). The van der Waals surface area contributed by atoms with Gasteiger partial charge in [-0.25, -0.2) is 13.9 Å². The fourth-order valence-electron chi connectivity index (χ4n) is 3.79. The molecule has 2 N–H and O–H groups in total. The van der Waals surface area contributed by atoms with Crippen molar-refractivity contribution < 1.29 is 23.5 Å². The number of carboxylic acid groups (broad SMARTS) is 1. The number of nitrogens with zero attached hydrogens (tertiary/aromatic N) is 2. The summed E-state index contributed by atoms with van der Waals surface area (Å²) in [7, 11) is 0. The highest BCUT2D eigenvalue weighted by Crippen LogP contribution is 2.30. The highest BCUT2D eigenvalue weighted by Gasteiger charge is 2.28. The van der Waals surface area contributed by atoms with Gasteiger partial charge in [0.1, 0.15) is 28.6 Å². The Labute approximate surface area is 166 Å². The number of carbonyl (C=O) groups excluding carboxylic acids is 1. The number of amides is 1. The second kappa shape index (κ2) is 7.20. The Morgan fingerprint density at radius 3 is 2.79 bits per heavy atom. The maximum Gasteiger partial charge on any atom is 0.339 e. The van der Waals surface area contributed by atoms with Crippen LogP contribution in [0.2, 0.25) is 0 Å². The molecule has 0 saturated carbocycles. The molecule has 0 atom stereocenters. The lowest BCUT2D eigenvalue weighted by Gasteiger charge is -2.10. The first kappa shape index (κ1) is 18.9.